The lowest BCUT2D eigenvalue weighted by atomic mass is 10.0. The molecule has 4 rings (SSSR count). The fraction of sp³-hybridized carbons (Fsp3) is 0.212. The predicted octanol–water partition coefficient (Wildman–Crippen LogP) is 6.90. The number of nitrogens with zero attached hydrogens (tertiary/aromatic N) is 2. The third-order valence-electron chi connectivity index (χ3n) is 7.21. The molecule has 4 aromatic rings. The number of hydrogen-bond acceptors (Lipinski definition) is 4. The molecule has 13 heteroatoms. The van der Waals surface area contributed by atoms with Gasteiger partial charge in [0.2, 0.25) is 11.8 Å². The van der Waals surface area contributed by atoms with Gasteiger partial charge in [0, 0.05) is 25.0 Å². The Balaban J connectivity index is 1.84. The van der Waals surface area contributed by atoms with Crippen LogP contribution in [0.1, 0.15) is 22.3 Å². The zero-order valence-electron chi connectivity index (χ0n) is 24.8. The Labute approximate surface area is 275 Å². The third-order valence-corrected chi connectivity index (χ3v) is 9.58. The van der Waals surface area contributed by atoms with Gasteiger partial charge in [0.1, 0.15) is 12.6 Å². The molecule has 242 valence electrons. The highest BCUT2D eigenvalue weighted by Gasteiger charge is 2.37. The van der Waals surface area contributed by atoms with Crippen molar-refractivity contribution >= 4 is 50.7 Å². The lowest BCUT2D eigenvalue weighted by Crippen LogP contribution is -2.53. The zero-order valence-corrected chi connectivity index (χ0v) is 27.1. The Morgan fingerprint density at radius 3 is 2.09 bits per heavy atom. The minimum Gasteiger partial charge on any atom is -0.357 e. The van der Waals surface area contributed by atoms with Gasteiger partial charge in [-0.3, -0.25) is 13.9 Å². The fourth-order valence-electron chi connectivity index (χ4n) is 4.76. The van der Waals surface area contributed by atoms with Crippen LogP contribution in [0, 0.1) is 6.92 Å². The number of sulfonamides is 1. The van der Waals surface area contributed by atoms with Crippen LogP contribution in [0.3, 0.4) is 0 Å². The van der Waals surface area contributed by atoms with E-state index in [9.17, 15) is 31.2 Å². The molecule has 4 aromatic carbocycles. The molecule has 0 aliphatic rings. The number of hydrogen-bond donors (Lipinski definition) is 1. The standard InChI is InChI=1S/C33H30Cl2F3N3O4S/c1-22-8-15-27(16-9-22)46(44,45)41(26-14-17-29(35)28(19-26)33(36,37)38)21-31(42)40(20-24-10-12-25(34)13-11-24)30(32(43)39-2)18-23-6-4-3-5-7-23/h3-17,19,30H,18,20-21H2,1-2H3,(H,39,43)/t30-/m0/s1. The molecular weight excluding hydrogens is 662 g/mol. The average molecular weight is 693 g/mol. The van der Waals surface area contributed by atoms with Crippen molar-refractivity contribution in [3.05, 3.63) is 129 Å². The van der Waals surface area contributed by atoms with Crippen molar-refractivity contribution in [2.75, 3.05) is 17.9 Å². The van der Waals surface area contributed by atoms with Gasteiger partial charge >= 0.3 is 6.18 Å². The van der Waals surface area contributed by atoms with Crippen LogP contribution in [-0.2, 0) is 38.8 Å². The second kappa shape index (κ2) is 14.6. The summed E-state index contributed by atoms with van der Waals surface area (Å²) < 4.78 is 70.3. The largest absolute Gasteiger partial charge is 0.417 e. The summed E-state index contributed by atoms with van der Waals surface area (Å²) in [6.07, 6.45) is -4.83. The molecule has 7 nitrogen and oxygen atoms in total. The smallest absolute Gasteiger partial charge is 0.357 e. The number of amides is 2. The number of halogens is 5. The van der Waals surface area contributed by atoms with Crippen LogP contribution in [0.2, 0.25) is 10.0 Å². The van der Waals surface area contributed by atoms with Crippen molar-refractivity contribution in [2.24, 2.45) is 0 Å². The molecule has 0 aliphatic heterocycles. The lowest BCUT2D eigenvalue weighted by molar-refractivity contribution is -0.139. The first-order chi connectivity index (χ1) is 21.7. The summed E-state index contributed by atoms with van der Waals surface area (Å²) in [6, 6.07) is 22.6. The maximum atomic E-state index is 14.3. The van der Waals surface area contributed by atoms with Gasteiger partial charge in [0.25, 0.3) is 10.0 Å². The molecule has 0 heterocycles. The Kier molecular flexibility index (Phi) is 11.0. The number of carbonyl (C=O) groups is 2. The van der Waals surface area contributed by atoms with Crippen LogP contribution in [0.15, 0.2) is 102 Å². The van der Waals surface area contributed by atoms with Crippen molar-refractivity contribution in [3.63, 3.8) is 0 Å². The van der Waals surface area contributed by atoms with Crippen molar-refractivity contribution in [1.29, 1.82) is 0 Å². The van der Waals surface area contributed by atoms with E-state index >= 15 is 0 Å². The summed E-state index contributed by atoms with van der Waals surface area (Å²) in [6.45, 7) is 0.686. The quantitative estimate of drug-likeness (QED) is 0.185. The van der Waals surface area contributed by atoms with Crippen LogP contribution in [0.25, 0.3) is 0 Å². The van der Waals surface area contributed by atoms with E-state index in [0.717, 1.165) is 23.3 Å². The van der Waals surface area contributed by atoms with Crippen LogP contribution in [0.4, 0.5) is 18.9 Å². The van der Waals surface area contributed by atoms with E-state index in [4.69, 9.17) is 23.2 Å². The molecule has 0 aliphatic carbocycles. The zero-order chi connectivity index (χ0) is 33.6. The summed E-state index contributed by atoms with van der Waals surface area (Å²) >= 11 is 11.9. The Morgan fingerprint density at radius 2 is 1.50 bits per heavy atom. The Hall–Kier alpha value is -4.06. The van der Waals surface area contributed by atoms with E-state index in [1.54, 1.807) is 61.5 Å². The topological polar surface area (TPSA) is 86.8 Å². The average Bonchev–Trinajstić information content (AvgIpc) is 3.02. The molecule has 46 heavy (non-hydrogen) atoms. The molecule has 1 atom stereocenters. The minimum absolute atomic E-state index is 0.0731. The first kappa shape index (κ1) is 34.8. The molecule has 1 N–H and O–H groups in total. The van der Waals surface area contributed by atoms with Gasteiger partial charge in [-0.1, -0.05) is 83.4 Å². The van der Waals surface area contributed by atoms with Gasteiger partial charge in [-0.2, -0.15) is 13.2 Å². The number of carbonyl (C=O) groups excluding carboxylic acids is 2. The summed E-state index contributed by atoms with van der Waals surface area (Å²) in [5.41, 5.74) is 0.348. The number of alkyl halides is 3. The highest BCUT2D eigenvalue weighted by molar-refractivity contribution is 7.92. The van der Waals surface area contributed by atoms with Gasteiger partial charge in [0.05, 0.1) is 21.2 Å². The maximum absolute atomic E-state index is 14.3. The van der Waals surface area contributed by atoms with E-state index in [-0.39, 0.29) is 17.9 Å². The van der Waals surface area contributed by atoms with Crippen molar-refractivity contribution in [2.45, 2.75) is 37.0 Å². The summed E-state index contributed by atoms with van der Waals surface area (Å²) in [5.74, 6) is -1.36. The van der Waals surface area contributed by atoms with Gasteiger partial charge in [-0.15, -0.1) is 0 Å². The molecule has 0 saturated heterocycles. The number of benzene rings is 4. The number of nitrogens with one attached hydrogen (secondary N) is 1. The van der Waals surface area contributed by atoms with Crippen LogP contribution in [-0.4, -0.2) is 44.8 Å². The fourth-order valence-corrected chi connectivity index (χ4v) is 6.52. The SMILES string of the molecule is CNC(=O)[C@H](Cc1ccccc1)N(Cc1ccc(Cl)cc1)C(=O)CN(c1ccc(Cl)c(C(F)(F)F)c1)S(=O)(=O)c1ccc(C)cc1. The van der Waals surface area contributed by atoms with E-state index in [1.807, 2.05) is 0 Å². The number of anilines is 1. The maximum Gasteiger partial charge on any atom is 0.417 e. The van der Waals surface area contributed by atoms with E-state index in [0.29, 0.717) is 21.0 Å². The van der Waals surface area contributed by atoms with E-state index in [2.05, 4.69) is 5.32 Å². The molecule has 0 radical (unpaired) electrons. The highest BCUT2D eigenvalue weighted by Crippen LogP contribution is 2.38. The lowest BCUT2D eigenvalue weighted by Gasteiger charge is -2.33. The number of rotatable bonds is 11. The van der Waals surface area contributed by atoms with Crippen molar-refractivity contribution in [3.8, 4) is 0 Å². The van der Waals surface area contributed by atoms with Crippen LogP contribution >= 0.6 is 23.2 Å². The van der Waals surface area contributed by atoms with Gasteiger partial charge in [-0.25, -0.2) is 8.42 Å². The monoisotopic (exact) mass is 691 g/mol. The Bertz CT molecular complexity index is 1790. The molecule has 0 saturated carbocycles. The summed E-state index contributed by atoms with van der Waals surface area (Å²) in [5, 5.41) is 2.37. The minimum atomic E-state index is -4.91. The first-order valence-corrected chi connectivity index (χ1v) is 16.2. The third kappa shape index (κ3) is 8.39. The molecular formula is C33H30Cl2F3N3O4S. The Morgan fingerprint density at radius 1 is 0.870 bits per heavy atom. The van der Waals surface area contributed by atoms with Gasteiger partial charge < -0.3 is 10.2 Å². The van der Waals surface area contributed by atoms with E-state index < -0.39 is 56.9 Å². The molecule has 2 amide bonds. The highest BCUT2D eigenvalue weighted by atomic mass is 35.5. The number of aryl methyl sites for hydroxylation is 1. The predicted molar refractivity (Wildman–Crippen MR) is 172 cm³/mol. The number of likely N-dealkylation sites (N-methyl/N-ethyl adjacent to an activating group) is 1. The van der Waals surface area contributed by atoms with Crippen molar-refractivity contribution in [1.82, 2.24) is 10.2 Å². The van der Waals surface area contributed by atoms with Gasteiger partial charge in [0.15, 0.2) is 0 Å². The second-order valence-corrected chi connectivity index (χ2v) is 13.2. The molecule has 0 aromatic heterocycles. The molecule has 0 spiro atoms. The first-order valence-electron chi connectivity index (χ1n) is 14.0. The summed E-state index contributed by atoms with van der Waals surface area (Å²) in [4.78, 5) is 28.6. The summed E-state index contributed by atoms with van der Waals surface area (Å²) in [7, 11) is -3.20. The molecule has 0 fully saturated rings. The normalized spacial score (nSPS) is 12.3. The van der Waals surface area contributed by atoms with E-state index in [1.165, 1.54) is 36.2 Å². The second-order valence-electron chi connectivity index (χ2n) is 10.5. The van der Waals surface area contributed by atoms with Crippen LogP contribution in [0.5, 0.6) is 0 Å². The van der Waals surface area contributed by atoms with Crippen molar-refractivity contribution < 1.29 is 31.2 Å². The molecule has 0 bridgehead atoms. The van der Waals surface area contributed by atoms with Gasteiger partial charge in [-0.05, 0) is 60.5 Å². The van der Waals surface area contributed by atoms with Crippen LogP contribution < -0.4 is 9.62 Å². The molecule has 0 unspecified atom stereocenters.